The molecule has 1 aliphatic rings. The summed E-state index contributed by atoms with van der Waals surface area (Å²) in [6, 6.07) is 6.92. The number of sulfonamides is 1. The number of halogens is 1. The third kappa shape index (κ3) is 6.04. The van der Waals surface area contributed by atoms with Gasteiger partial charge in [-0.25, -0.2) is 13.1 Å². The van der Waals surface area contributed by atoms with E-state index in [9.17, 15) is 8.42 Å². The van der Waals surface area contributed by atoms with Gasteiger partial charge in [-0.05, 0) is 44.5 Å². The largest absolute Gasteiger partial charge is 0.316 e. The first-order valence-corrected chi connectivity index (χ1v) is 9.25. The highest BCUT2D eigenvalue weighted by Crippen LogP contribution is 2.24. The summed E-state index contributed by atoms with van der Waals surface area (Å²) in [5.74, 6) is 0. The summed E-state index contributed by atoms with van der Waals surface area (Å²) in [4.78, 5) is 2.53. The molecule has 7 heteroatoms. The molecule has 0 spiro atoms. The molecular formula is C16H28ClN3O2S. The Bertz CT molecular complexity index is 584. The third-order valence-electron chi connectivity index (χ3n) is 4.23. The summed E-state index contributed by atoms with van der Waals surface area (Å²) in [6.45, 7) is 8.44. The van der Waals surface area contributed by atoms with E-state index in [0.717, 1.165) is 25.2 Å². The van der Waals surface area contributed by atoms with Crippen LogP contribution in [0, 0.1) is 12.3 Å². The maximum absolute atomic E-state index is 12.2. The summed E-state index contributed by atoms with van der Waals surface area (Å²) < 4.78 is 27.1. The zero-order valence-electron chi connectivity index (χ0n) is 14.1. The van der Waals surface area contributed by atoms with Crippen LogP contribution in [0.4, 0.5) is 0 Å². The number of rotatable bonds is 7. The molecule has 2 N–H and O–H groups in total. The van der Waals surface area contributed by atoms with Crippen molar-refractivity contribution in [2.75, 3.05) is 39.8 Å². The quantitative estimate of drug-likeness (QED) is 0.774. The molecule has 0 bridgehead atoms. The molecule has 23 heavy (non-hydrogen) atoms. The van der Waals surface area contributed by atoms with Crippen LogP contribution in [-0.4, -0.2) is 53.1 Å². The van der Waals surface area contributed by atoms with E-state index in [1.54, 1.807) is 12.1 Å². The van der Waals surface area contributed by atoms with E-state index >= 15 is 0 Å². The lowest BCUT2D eigenvalue weighted by Gasteiger charge is -2.29. The number of benzene rings is 1. The van der Waals surface area contributed by atoms with Crippen LogP contribution in [0.1, 0.15) is 18.9 Å². The predicted molar refractivity (Wildman–Crippen MR) is 96.7 cm³/mol. The maximum atomic E-state index is 12.2. The molecule has 1 aliphatic heterocycles. The lowest BCUT2D eigenvalue weighted by molar-refractivity contribution is 0.212. The molecule has 1 saturated heterocycles. The zero-order chi connectivity index (χ0) is 16.2. The lowest BCUT2D eigenvalue weighted by atomic mass is 9.89. The van der Waals surface area contributed by atoms with Crippen LogP contribution in [0.15, 0.2) is 29.2 Å². The van der Waals surface area contributed by atoms with Gasteiger partial charge in [-0.1, -0.05) is 24.6 Å². The maximum Gasteiger partial charge on any atom is 0.240 e. The van der Waals surface area contributed by atoms with Gasteiger partial charge in [-0.15, -0.1) is 12.4 Å². The minimum atomic E-state index is -3.40. The van der Waals surface area contributed by atoms with Gasteiger partial charge in [0.05, 0.1) is 4.90 Å². The van der Waals surface area contributed by atoms with E-state index in [1.165, 1.54) is 6.42 Å². The van der Waals surface area contributed by atoms with Crippen molar-refractivity contribution in [1.82, 2.24) is 14.9 Å². The Morgan fingerprint density at radius 2 is 1.96 bits per heavy atom. The first-order chi connectivity index (χ1) is 10.3. The fraction of sp³-hybridized carbons (Fsp3) is 0.625. The van der Waals surface area contributed by atoms with Gasteiger partial charge in [0, 0.05) is 26.2 Å². The average Bonchev–Trinajstić information content (AvgIpc) is 2.85. The van der Waals surface area contributed by atoms with Gasteiger partial charge in [0.1, 0.15) is 0 Å². The second-order valence-electron chi connectivity index (χ2n) is 6.69. The predicted octanol–water partition coefficient (Wildman–Crippen LogP) is 1.63. The SMILES string of the molecule is Cc1ccc(S(=O)(=O)NCCN(C)CC2(C)CCNC2)cc1.Cl. The van der Waals surface area contributed by atoms with Crippen LogP contribution >= 0.6 is 12.4 Å². The van der Waals surface area contributed by atoms with E-state index < -0.39 is 10.0 Å². The smallest absolute Gasteiger partial charge is 0.240 e. The monoisotopic (exact) mass is 361 g/mol. The van der Waals surface area contributed by atoms with Gasteiger partial charge >= 0.3 is 0 Å². The second-order valence-corrected chi connectivity index (χ2v) is 8.45. The van der Waals surface area contributed by atoms with Crippen molar-refractivity contribution >= 4 is 22.4 Å². The number of hydrogen-bond donors (Lipinski definition) is 2. The Balaban J connectivity index is 0.00000264. The molecule has 1 aromatic rings. The summed E-state index contributed by atoms with van der Waals surface area (Å²) in [5, 5.41) is 3.39. The van der Waals surface area contributed by atoms with Crippen molar-refractivity contribution in [2.45, 2.75) is 25.2 Å². The molecule has 1 aromatic carbocycles. The highest BCUT2D eigenvalue weighted by molar-refractivity contribution is 7.89. The van der Waals surface area contributed by atoms with Crippen molar-refractivity contribution < 1.29 is 8.42 Å². The summed E-state index contributed by atoms with van der Waals surface area (Å²) in [7, 11) is -1.36. The van der Waals surface area contributed by atoms with Crippen molar-refractivity contribution in [3.63, 3.8) is 0 Å². The van der Waals surface area contributed by atoms with Gasteiger partial charge in [0.2, 0.25) is 10.0 Å². The Hall–Kier alpha value is -0.660. The van der Waals surface area contributed by atoms with E-state index in [-0.39, 0.29) is 12.4 Å². The molecule has 2 rings (SSSR count). The van der Waals surface area contributed by atoms with Crippen LogP contribution in [0.5, 0.6) is 0 Å². The average molecular weight is 362 g/mol. The standard InChI is InChI=1S/C16H27N3O2S.ClH/c1-14-4-6-15(7-5-14)22(20,21)18-10-11-19(3)13-16(2)8-9-17-12-16;/h4-7,17-18H,8-13H2,1-3H3;1H. The van der Waals surface area contributed by atoms with Crippen LogP contribution in [-0.2, 0) is 10.0 Å². The van der Waals surface area contributed by atoms with Crippen LogP contribution in [0.2, 0.25) is 0 Å². The number of likely N-dealkylation sites (N-methyl/N-ethyl adjacent to an activating group) is 1. The second kappa shape index (κ2) is 8.44. The molecule has 0 saturated carbocycles. The Morgan fingerprint density at radius 3 is 2.52 bits per heavy atom. The summed E-state index contributed by atoms with van der Waals surface area (Å²) in [5.41, 5.74) is 1.35. The van der Waals surface area contributed by atoms with E-state index in [4.69, 9.17) is 0 Å². The summed E-state index contributed by atoms with van der Waals surface area (Å²) in [6.07, 6.45) is 1.17. The van der Waals surface area contributed by atoms with Gasteiger partial charge in [0.15, 0.2) is 0 Å². The lowest BCUT2D eigenvalue weighted by Crippen LogP contribution is -2.39. The molecule has 0 radical (unpaired) electrons. The highest BCUT2D eigenvalue weighted by atomic mass is 35.5. The topological polar surface area (TPSA) is 61.4 Å². The van der Waals surface area contributed by atoms with E-state index in [1.807, 2.05) is 26.1 Å². The molecule has 1 fully saturated rings. The molecule has 1 unspecified atom stereocenters. The first kappa shape index (κ1) is 20.4. The van der Waals surface area contributed by atoms with E-state index in [0.29, 0.717) is 23.4 Å². The molecule has 132 valence electrons. The minimum absolute atomic E-state index is 0. The molecular weight excluding hydrogens is 334 g/mol. The molecule has 0 aliphatic carbocycles. The Labute approximate surface area is 146 Å². The van der Waals surface area contributed by atoms with Crippen molar-refractivity contribution in [2.24, 2.45) is 5.41 Å². The van der Waals surface area contributed by atoms with E-state index in [2.05, 4.69) is 21.9 Å². The minimum Gasteiger partial charge on any atom is -0.316 e. The fourth-order valence-corrected chi connectivity index (χ4v) is 3.93. The van der Waals surface area contributed by atoms with Gasteiger partial charge in [-0.3, -0.25) is 0 Å². The molecule has 5 nitrogen and oxygen atoms in total. The number of nitrogens with one attached hydrogen (secondary N) is 2. The van der Waals surface area contributed by atoms with Crippen molar-refractivity contribution in [3.05, 3.63) is 29.8 Å². The van der Waals surface area contributed by atoms with Crippen LogP contribution < -0.4 is 10.0 Å². The first-order valence-electron chi connectivity index (χ1n) is 7.76. The number of aryl methyl sites for hydroxylation is 1. The molecule has 1 atom stereocenters. The molecule has 0 aromatic heterocycles. The number of nitrogens with zero attached hydrogens (tertiary/aromatic N) is 1. The van der Waals surface area contributed by atoms with Gasteiger partial charge < -0.3 is 10.2 Å². The highest BCUT2D eigenvalue weighted by Gasteiger charge is 2.29. The summed E-state index contributed by atoms with van der Waals surface area (Å²) >= 11 is 0. The van der Waals surface area contributed by atoms with Crippen molar-refractivity contribution in [3.8, 4) is 0 Å². The van der Waals surface area contributed by atoms with Gasteiger partial charge in [0.25, 0.3) is 0 Å². The third-order valence-corrected chi connectivity index (χ3v) is 5.70. The van der Waals surface area contributed by atoms with Crippen LogP contribution in [0.3, 0.4) is 0 Å². The Kier molecular flexibility index (Phi) is 7.48. The van der Waals surface area contributed by atoms with Gasteiger partial charge in [-0.2, -0.15) is 0 Å². The van der Waals surface area contributed by atoms with Crippen molar-refractivity contribution in [1.29, 1.82) is 0 Å². The molecule has 1 heterocycles. The normalized spacial score (nSPS) is 21.4. The Morgan fingerprint density at radius 1 is 1.30 bits per heavy atom. The fourth-order valence-electron chi connectivity index (χ4n) is 2.91. The zero-order valence-corrected chi connectivity index (χ0v) is 15.8. The molecule has 0 amide bonds. The number of hydrogen-bond acceptors (Lipinski definition) is 4. The van der Waals surface area contributed by atoms with Crippen LogP contribution in [0.25, 0.3) is 0 Å².